The third kappa shape index (κ3) is 2.54. The van der Waals surface area contributed by atoms with Gasteiger partial charge in [0, 0.05) is 13.7 Å². The molecule has 1 unspecified atom stereocenters. The van der Waals surface area contributed by atoms with E-state index in [0.717, 1.165) is 16.7 Å². The predicted molar refractivity (Wildman–Crippen MR) is 86.7 cm³/mol. The molecule has 10 heteroatoms. The van der Waals surface area contributed by atoms with Gasteiger partial charge in [0.15, 0.2) is 0 Å². The van der Waals surface area contributed by atoms with Gasteiger partial charge in [-0.15, -0.1) is 0 Å². The number of alkyl halides is 3. The summed E-state index contributed by atoms with van der Waals surface area (Å²) in [7, 11) is 1.39. The Labute approximate surface area is 151 Å². The average molecular weight is 383 g/mol. The lowest BCUT2D eigenvalue weighted by atomic mass is 10.1. The molecule has 7 nitrogen and oxygen atoms in total. The number of amides is 1. The molecule has 1 aromatic carbocycles. The second-order valence-corrected chi connectivity index (χ2v) is 6.63. The molecule has 2 atom stereocenters. The number of hydrogen-bond donors (Lipinski definition) is 1. The Balaban J connectivity index is 1.80. The maximum atomic E-state index is 13.0. The molecule has 1 N–H and O–H groups in total. The SMILES string of the molecule is COCC(=O)N1CC2C[C@@H]1c1c(O)n(-c3cccc(C(F)(F)F)c3)c(=O)n12. The van der Waals surface area contributed by atoms with Crippen LogP contribution in [0.2, 0.25) is 0 Å². The summed E-state index contributed by atoms with van der Waals surface area (Å²) in [6.45, 7) is 0.175. The fraction of sp³-hybridized carbons (Fsp3) is 0.412. The number of carbonyl (C=O) groups excluding carboxylic acids is 1. The number of benzene rings is 1. The van der Waals surface area contributed by atoms with Crippen molar-refractivity contribution in [1.82, 2.24) is 14.0 Å². The molecule has 27 heavy (non-hydrogen) atoms. The Kier molecular flexibility index (Phi) is 3.84. The molecule has 0 aliphatic carbocycles. The fourth-order valence-electron chi connectivity index (χ4n) is 3.98. The third-order valence-corrected chi connectivity index (χ3v) is 5.08. The minimum atomic E-state index is -4.57. The zero-order valence-corrected chi connectivity index (χ0v) is 14.2. The minimum absolute atomic E-state index is 0.0802. The van der Waals surface area contributed by atoms with Gasteiger partial charge in [0.05, 0.1) is 23.3 Å². The van der Waals surface area contributed by atoms with Crippen LogP contribution in [0.3, 0.4) is 0 Å². The van der Waals surface area contributed by atoms with Gasteiger partial charge in [-0.05, 0) is 24.6 Å². The Morgan fingerprint density at radius 2 is 2.11 bits per heavy atom. The lowest BCUT2D eigenvalue weighted by Crippen LogP contribution is -2.39. The predicted octanol–water partition coefficient (Wildman–Crippen LogP) is 1.84. The van der Waals surface area contributed by atoms with Crippen LogP contribution < -0.4 is 5.69 Å². The smallest absolute Gasteiger partial charge is 0.416 e. The van der Waals surface area contributed by atoms with Crippen LogP contribution >= 0.6 is 0 Å². The number of aromatic hydroxyl groups is 1. The Morgan fingerprint density at radius 3 is 2.78 bits per heavy atom. The van der Waals surface area contributed by atoms with Crippen LogP contribution in [0, 0.1) is 0 Å². The van der Waals surface area contributed by atoms with E-state index < -0.39 is 29.4 Å². The molecule has 2 aliphatic rings. The zero-order chi connectivity index (χ0) is 19.5. The number of hydrogen-bond acceptors (Lipinski definition) is 4. The summed E-state index contributed by atoms with van der Waals surface area (Å²) in [4.78, 5) is 26.5. The molecule has 3 heterocycles. The maximum Gasteiger partial charge on any atom is 0.416 e. The van der Waals surface area contributed by atoms with Crippen molar-refractivity contribution in [3.05, 3.63) is 46.0 Å². The first kappa shape index (κ1) is 17.7. The van der Waals surface area contributed by atoms with Crippen molar-refractivity contribution in [3.8, 4) is 11.6 Å². The molecular formula is C17H16F3N3O4. The number of likely N-dealkylation sites (tertiary alicyclic amines) is 1. The molecule has 4 rings (SSSR count). The number of carbonyl (C=O) groups is 1. The van der Waals surface area contributed by atoms with Gasteiger partial charge in [-0.3, -0.25) is 9.36 Å². The zero-order valence-electron chi connectivity index (χ0n) is 14.2. The lowest BCUT2D eigenvalue weighted by Gasteiger charge is -2.27. The van der Waals surface area contributed by atoms with Crippen molar-refractivity contribution in [3.63, 3.8) is 0 Å². The van der Waals surface area contributed by atoms with Crippen LogP contribution in [0.15, 0.2) is 29.1 Å². The first-order valence-electron chi connectivity index (χ1n) is 8.26. The average Bonchev–Trinajstić information content (AvgIpc) is 3.26. The monoisotopic (exact) mass is 383 g/mol. The van der Waals surface area contributed by atoms with Gasteiger partial charge in [-0.25, -0.2) is 9.36 Å². The number of halogens is 3. The van der Waals surface area contributed by atoms with E-state index in [0.29, 0.717) is 13.0 Å². The highest BCUT2D eigenvalue weighted by Crippen LogP contribution is 2.48. The van der Waals surface area contributed by atoms with Crippen LogP contribution in [0.25, 0.3) is 5.69 Å². The van der Waals surface area contributed by atoms with E-state index in [9.17, 15) is 27.9 Å². The molecule has 0 radical (unpaired) electrons. The molecule has 2 aromatic rings. The van der Waals surface area contributed by atoms with Crippen molar-refractivity contribution in [2.75, 3.05) is 20.3 Å². The van der Waals surface area contributed by atoms with Crippen LogP contribution in [0.1, 0.15) is 29.8 Å². The Morgan fingerprint density at radius 1 is 1.37 bits per heavy atom. The van der Waals surface area contributed by atoms with E-state index in [-0.39, 0.29) is 29.9 Å². The lowest BCUT2D eigenvalue weighted by molar-refractivity contribution is -0.138. The first-order valence-corrected chi connectivity index (χ1v) is 8.26. The summed E-state index contributed by atoms with van der Waals surface area (Å²) >= 11 is 0. The van der Waals surface area contributed by atoms with Gasteiger partial charge in [0.2, 0.25) is 11.8 Å². The number of methoxy groups -OCH3 is 1. The van der Waals surface area contributed by atoms with Crippen molar-refractivity contribution in [2.45, 2.75) is 24.7 Å². The van der Waals surface area contributed by atoms with E-state index in [1.165, 1.54) is 28.7 Å². The third-order valence-electron chi connectivity index (χ3n) is 5.08. The van der Waals surface area contributed by atoms with Crippen LogP contribution in [-0.2, 0) is 15.7 Å². The molecule has 2 bridgehead atoms. The molecule has 144 valence electrons. The minimum Gasteiger partial charge on any atom is -0.493 e. The quantitative estimate of drug-likeness (QED) is 0.878. The number of ether oxygens (including phenoxy) is 1. The summed E-state index contributed by atoms with van der Waals surface area (Å²) in [6, 6.07) is 3.38. The standard InChI is InChI=1S/C17H16F3N3O4/c1-27-8-13(24)21-7-11-6-12(21)14-15(25)23(16(26)22(11)14)10-4-2-3-9(5-10)17(18,19)20/h2-5,11-12,25H,6-8H2,1H3/t11?,12-/m1/s1. The van der Waals surface area contributed by atoms with Crippen LogP contribution in [0.5, 0.6) is 5.88 Å². The van der Waals surface area contributed by atoms with E-state index in [2.05, 4.69) is 0 Å². The van der Waals surface area contributed by atoms with E-state index in [1.807, 2.05) is 0 Å². The number of nitrogens with zero attached hydrogens (tertiary/aromatic N) is 3. The fourth-order valence-corrected chi connectivity index (χ4v) is 3.98. The van der Waals surface area contributed by atoms with E-state index >= 15 is 0 Å². The van der Waals surface area contributed by atoms with Gasteiger partial charge in [-0.1, -0.05) is 6.07 Å². The molecule has 1 aromatic heterocycles. The molecule has 1 fully saturated rings. The molecular weight excluding hydrogens is 367 g/mol. The first-order chi connectivity index (χ1) is 12.7. The topological polar surface area (TPSA) is 76.7 Å². The Hall–Kier alpha value is -2.75. The molecule has 1 amide bonds. The number of aromatic nitrogens is 2. The van der Waals surface area contributed by atoms with Gasteiger partial charge >= 0.3 is 11.9 Å². The molecule has 2 aliphatic heterocycles. The van der Waals surface area contributed by atoms with Crippen molar-refractivity contribution >= 4 is 5.91 Å². The van der Waals surface area contributed by atoms with Crippen molar-refractivity contribution in [1.29, 1.82) is 0 Å². The molecule has 0 spiro atoms. The van der Waals surface area contributed by atoms with E-state index in [4.69, 9.17) is 4.74 Å². The van der Waals surface area contributed by atoms with Gasteiger partial charge in [0.1, 0.15) is 12.3 Å². The summed E-state index contributed by atoms with van der Waals surface area (Å²) in [5.41, 5.74) is -1.37. The molecule has 1 saturated heterocycles. The number of rotatable bonds is 3. The van der Waals surface area contributed by atoms with Gasteiger partial charge in [-0.2, -0.15) is 13.2 Å². The number of fused-ring (bicyclic) bond motifs is 5. The molecule has 0 saturated carbocycles. The largest absolute Gasteiger partial charge is 0.493 e. The highest BCUT2D eigenvalue weighted by Gasteiger charge is 2.49. The second-order valence-electron chi connectivity index (χ2n) is 6.63. The maximum absolute atomic E-state index is 13.0. The number of imidazole rings is 1. The van der Waals surface area contributed by atoms with Gasteiger partial charge in [0.25, 0.3) is 0 Å². The summed E-state index contributed by atoms with van der Waals surface area (Å²) in [6.07, 6.45) is -4.09. The summed E-state index contributed by atoms with van der Waals surface area (Å²) in [5.74, 6) is -0.711. The van der Waals surface area contributed by atoms with E-state index in [1.54, 1.807) is 0 Å². The summed E-state index contributed by atoms with van der Waals surface area (Å²) < 4.78 is 46.0. The van der Waals surface area contributed by atoms with Crippen molar-refractivity contribution < 1.29 is 27.8 Å². The van der Waals surface area contributed by atoms with Crippen LogP contribution in [0.4, 0.5) is 13.2 Å². The van der Waals surface area contributed by atoms with Gasteiger partial charge < -0.3 is 14.7 Å². The Bertz CT molecular complexity index is 979. The van der Waals surface area contributed by atoms with Crippen molar-refractivity contribution in [2.24, 2.45) is 0 Å². The normalized spacial score (nSPS) is 21.0. The second kappa shape index (κ2) is 5.88. The highest BCUT2D eigenvalue weighted by molar-refractivity contribution is 5.78. The summed E-state index contributed by atoms with van der Waals surface area (Å²) in [5, 5.41) is 10.6. The van der Waals surface area contributed by atoms with Crippen LogP contribution in [-0.4, -0.2) is 45.3 Å². The highest BCUT2D eigenvalue weighted by atomic mass is 19.4.